The average Bonchev–Trinajstić information content (AvgIpc) is 2.08. The molecule has 0 N–H and O–H groups in total. The molecule has 0 aliphatic carbocycles. The molecule has 1 heterocycles. The third kappa shape index (κ3) is 2.79. The Labute approximate surface area is 79.0 Å². The molecular weight excluding hydrogens is 165 g/mol. The standard InChI is InChI=1S/C11H16FN/c1-8(2)9(3)7-11-10(12)5-4-6-13-11/h4-6,8-9H,7H2,1-3H3. The van der Waals surface area contributed by atoms with Crippen LogP contribution in [-0.4, -0.2) is 4.98 Å². The van der Waals surface area contributed by atoms with Crippen molar-refractivity contribution in [2.75, 3.05) is 0 Å². The molecule has 2 heteroatoms. The number of halogens is 1. The van der Waals surface area contributed by atoms with E-state index in [0.29, 0.717) is 17.5 Å². The summed E-state index contributed by atoms with van der Waals surface area (Å²) >= 11 is 0. The molecular formula is C11H16FN. The van der Waals surface area contributed by atoms with Gasteiger partial charge in [0.2, 0.25) is 0 Å². The lowest BCUT2D eigenvalue weighted by atomic mass is 9.93. The van der Waals surface area contributed by atoms with Gasteiger partial charge in [-0.3, -0.25) is 4.98 Å². The second-order valence-electron chi connectivity index (χ2n) is 3.86. The van der Waals surface area contributed by atoms with Crippen LogP contribution >= 0.6 is 0 Å². The van der Waals surface area contributed by atoms with Crippen LogP contribution in [0.1, 0.15) is 26.5 Å². The fraction of sp³-hybridized carbons (Fsp3) is 0.545. The quantitative estimate of drug-likeness (QED) is 0.698. The molecule has 13 heavy (non-hydrogen) atoms. The van der Waals surface area contributed by atoms with E-state index in [1.165, 1.54) is 6.07 Å². The fourth-order valence-electron chi connectivity index (χ4n) is 1.11. The van der Waals surface area contributed by atoms with Gasteiger partial charge in [-0.2, -0.15) is 0 Å². The number of nitrogens with zero attached hydrogens (tertiary/aromatic N) is 1. The van der Waals surface area contributed by atoms with Crippen molar-refractivity contribution < 1.29 is 4.39 Å². The van der Waals surface area contributed by atoms with Gasteiger partial charge in [-0.25, -0.2) is 4.39 Å². The maximum Gasteiger partial charge on any atom is 0.144 e. The van der Waals surface area contributed by atoms with Crippen LogP contribution in [0, 0.1) is 17.7 Å². The van der Waals surface area contributed by atoms with E-state index in [1.54, 1.807) is 12.3 Å². The number of hydrogen-bond acceptors (Lipinski definition) is 1. The summed E-state index contributed by atoms with van der Waals surface area (Å²) in [5, 5.41) is 0. The van der Waals surface area contributed by atoms with E-state index in [-0.39, 0.29) is 5.82 Å². The number of pyridine rings is 1. The first-order valence-corrected chi connectivity index (χ1v) is 4.70. The van der Waals surface area contributed by atoms with E-state index in [1.807, 2.05) is 0 Å². The first kappa shape index (κ1) is 10.2. The van der Waals surface area contributed by atoms with Gasteiger partial charge in [0, 0.05) is 6.20 Å². The van der Waals surface area contributed by atoms with Gasteiger partial charge in [0.15, 0.2) is 0 Å². The van der Waals surface area contributed by atoms with E-state index in [4.69, 9.17) is 0 Å². The summed E-state index contributed by atoms with van der Waals surface area (Å²) in [6.07, 6.45) is 2.37. The van der Waals surface area contributed by atoms with Crippen LogP contribution in [0.2, 0.25) is 0 Å². The predicted octanol–water partition coefficient (Wildman–Crippen LogP) is 3.06. The summed E-state index contributed by atoms with van der Waals surface area (Å²) in [7, 11) is 0. The summed E-state index contributed by atoms with van der Waals surface area (Å²) in [6, 6.07) is 3.09. The molecule has 1 nitrogen and oxygen atoms in total. The second kappa shape index (κ2) is 4.35. The number of rotatable bonds is 3. The minimum absolute atomic E-state index is 0.185. The first-order valence-electron chi connectivity index (χ1n) is 4.70. The van der Waals surface area contributed by atoms with E-state index < -0.39 is 0 Å². The van der Waals surface area contributed by atoms with E-state index in [9.17, 15) is 4.39 Å². The van der Waals surface area contributed by atoms with Crippen LogP contribution in [0.15, 0.2) is 18.3 Å². The molecule has 0 amide bonds. The molecule has 1 rings (SSSR count). The predicted molar refractivity (Wildman–Crippen MR) is 51.9 cm³/mol. The Hall–Kier alpha value is -0.920. The zero-order chi connectivity index (χ0) is 9.84. The van der Waals surface area contributed by atoms with Gasteiger partial charge >= 0.3 is 0 Å². The lowest BCUT2D eigenvalue weighted by molar-refractivity contribution is 0.405. The Morgan fingerprint density at radius 3 is 2.62 bits per heavy atom. The van der Waals surface area contributed by atoms with Crippen LogP contribution in [0.25, 0.3) is 0 Å². The van der Waals surface area contributed by atoms with E-state index in [2.05, 4.69) is 25.8 Å². The van der Waals surface area contributed by atoms with E-state index in [0.717, 1.165) is 6.42 Å². The molecule has 72 valence electrons. The summed E-state index contributed by atoms with van der Waals surface area (Å²) in [4.78, 5) is 4.03. The van der Waals surface area contributed by atoms with Crippen LogP contribution < -0.4 is 0 Å². The molecule has 0 saturated heterocycles. The van der Waals surface area contributed by atoms with Crippen LogP contribution in [0.4, 0.5) is 4.39 Å². The summed E-state index contributed by atoms with van der Waals surface area (Å²) in [6.45, 7) is 6.41. The fourth-order valence-corrected chi connectivity index (χ4v) is 1.11. The highest BCUT2D eigenvalue weighted by molar-refractivity contribution is 5.07. The molecule has 0 radical (unpaired) electrons. The van der Waals surface area contributed by atoms with Crippen molar-refractivity contribution in [3.05, 3.63) is 29.8 Å². The van der Waals surface area contributed by atoms with Gasteiger partial charge in [-0.1, -0.05) is 20.8 Å². The second-order valence-corrected chi connectivity index (χ2v) is 3.86. The Balaban J connectivity index is 2.69. The van der Waals surface area contributed by atoms with E-state index >= 15 is 0 Å². The Kier molecular flexibility index (Phi) is 3.40. The molecule has 1 aromatic heterocycles. The molecule has 0 aromatic carbocycles. The molecule has 1 aromatic rings. The highest BCUT2D eigenvalue weighted by Gasteiger charge is 2.11. The molecule has 0 aliphatic heterocycles. The van der Waals surface area contributed by atoms with Crippen molar-refractivity contribution >= 4 is 0 Å². The highest BCUT2D eigenvalue weighted by atomic mass is 19.1. The third-order valence-electron chi connectivity index (χ3n) is 2.49. The maximum atomic E-state index is 13.2. The molecule has 0 bridgehead atoms. The zero-order valence-electron chi connectivity index (χ0n) is 8.42. The Morgan fingerprint density at radius 1 is 1.38 bits per heavy atom. The van der Waals surface area contributed by atoms with Crippen molar-refractivity contribution in [2.24, 2.45) is 11.8 Å². The van der Waals surface area contributed by atoms with Crippen LogP contribution in [0.5, 0.6) is 0 Å². The van der Waals surface area contributed by atoms with Crippen molar-refractivity contribution in [3.63, 3.8) is 0 Å². The zero-order valence-corrected chi connectivity index (χ0v) is 8.42. The smallest absolute Gasteiger partial charge is 0.144 e. The van der Waals surface area contributed by atoms with Gasteiger partial charge in [-0.05, 0) is 30.4 Å². The van der Waals surface area contributed by atoms with Gasteiger partial charge in [0.05, 0.1) is 5.69 Å². The topological polar surface area (TPSA) is 12.9 Å². The molecule has 0 spiro atoms. The lowest BCUT2D eigenvalue weighted by Crippen LogP contribution is -2.09. The molecule has 0 aliphatic rings. The van der Waals surface area contributed by atoms with Crippen molar-refractivity contribution in [2.45, 2.75) is 27.2 Å². The molecule has 0 saturated carbocycles. The SMILES string of the molecule is CC(C)C(C)Cc1ncccc1F. The highest BCUT2D eigenvalue weighted by Crippen LogP contribution is 2.16. The summed E-state index contributed by atoms with van der Waals surface area (Å²) in [5.74, 6) is 0.862. The normalized spacial score (nSPS) is 13.3. The van der Waals surface area contributed by atoms with Crippen molar-refractivity contribution in [1.82, 2.24) is 4.98 Å². The van der Waals surface area contributed by atoms with Crippen molar-refractivity contribution in [1.29, 1.82) is 0 Å². The number of aromatic nitrogens is 1. The van der Waals surface area contributed by atoms with Gasteiger partial charge in [0.1, 0.15) is 5.82 Å². The van der Waals surface area contributed by atoms with Crippen molar-refractivity contribution in [3.8, 4) is 0 Å². The molecule has 1 atom stereocenters. The maximum absolute atomic E-state index is 13.2. The Bertz CT molecular complexity index is 271. The lowest BCUT2D eigenvalue weighted by Gasteiger charge is -2.14. The average molecular weight is 181 g/mol. The minimum atomic E-state index is -0.185. The van der Waals surface area contributed by atoms with Gasteiger partial charge < -0.3 is 0 Å². The molecule has 1 unspecified atom stereocenters. The van der Waals surface area contributed by atoms with Crippen LogP contribution in [-0.2, 0) is 6.42 Å². The summed E-state index contributed by atoms with van der Waals surface area (Å²) < 4.78 is 13.2. The minimum Gasteiger partial charge on any atom is -0.258 e. The van der Waals surface area contributed by atoms with Crippen LogP contribution in [0.3, 0.4) is 0 Å². The largest absolute Gasteiger partial charge is 0.258 e. The van der Waals surface area contributed by atoms with Gasteiger partial charge in [0.25, 0.3) is 0 Å². The first-order chi connectivity index (χ1) is 6.11. The van der Waals surface area contributed by atoms with Gasteiger partial charge in [-0.15, -0.1) is 0 Å². The third-order valence-corrected chi connectivity index (χ3v) is 2.49. The number of hydrogen-bond donors (Lipinski definition) is 0. The summed E-state index contributed by atoms with van der Waals surface area (Å²) in [5.41, 5.74) is 0.587. The monoisotopic (exact) mass is 181 g/mol. The Morgan fingerprint density at radius 2 is 2.08 bits per heavy atom. The molecule has 0 fully saturated rings.